The molecule has 0 amide bonds. The van der Waals surface area contributed by atoms with Gasteiger partial charge >= 0.3 is 0 Å². The number of thiocarbonyl (C=S) groups is 1. The van der Waals surface area contributed by atoms with Crippen molar-refractivity contribution in [2.24, 2.45) is 0 Å². The van der Waals surface area contributed by atoms with Crippen LogP contribution in [0, 0.1) is 0 Å². The lowest BCUT2D eigenvalue weighted by molar-refractivity contribution is 0.242. The Morgan fingerprint density at radius 3 is 2.54 bits per heavy atom. The van der Waals surface area contributed by atoms with Crippen LogP contribution in [0.4, 0.5) is 5.69 Å². The van der Waals surface area contributed by atoms with Gasteiger partial charge in [0.05, 0.1) is 19.3 Å². The van der Waals surface area contributed by atoms with E-state index in [4.69, 9.17) is 21.7 Å². The second-order valence-corrected chi connectivity index (χ2v) is 7.21. The SMILES string of the molecule is COc1ccc2c(c1)CCC[C@@H]2NC(=S)Nc1ccc(OC(C)C)cc1. The number of aryl methyl sites for hydroxylation is 1. The lowest BCUT2D eigenvalue weighted by Gasteiger charge is -2.28. The molecule has 0 aliphatic heterocycles. The van der Waals surface area contributed by atoms with E-state index in [1.807, 2.05) is 44.2 Å². The van der Waals surface area contributed by atoms with E-state index >= 15 is 0 Å². The van der Waals surface area contributed by atoms with Crippen molar-refractivity contribution in [1.29, 1.82) is 0 Å². The van der Waals surface area contributed by atoms with Crippen LogP contribution < -0.4 is 20.1 Å². The summed E-state index contributed by atoms with van der Waals surface area (Å²) in [6.07, 6.45) is 3.47. The number of methoxy groups -OCH3 is 1. The summed E-state index contributed by atoms with van der Waals surface area (Å²) in [5, 5.41) is 7.35. The monoisotopic (exact) mass is 370 g/mol. The summed E-state index contributed by atoms with van der Waals surface area (Å²) in [5.74, 6) is 1.77. The zero-order valence-electron chi connectivity index (χ0n) is 15.5. The van der Waals surface area contributed by atoms with Crippen molar-refractivity contribution in [3.8, 4) is 11.5 Å². The number of nitrogens with one attached hydrogen (secondary N) is 2. The van der Waals surface area contributed by atoms with Crippen LogP contribution in [0.2, 0.25) is 0 Å². The predicted molar refractivity (Wildman–Crippen MR) is 110 cm³/mol. The summed E-state index contributed by atoms with van der Waals surface area (Å²) in [6.45, 7) is 4.03. The van der Waals surface area contributed by atoms with Gasteiger partial charge in [-0.3, -0.25) is 0 Å². The maximum Gasteiger partial charge on any atom is 0.171 e. The van der Waals surface area contributed by atoms with Crippen molar-refractivity contribution >= 4 is 23.0 Å². The number of benzene rings is 2. The van der Waals surface area contributed by atoms with Crippen LogP contribution in [0.5, 0.6) is 11.5 Å². The molecule has 2 aromatic rings. The van der Waals surface area contributed by atoms with Gasteiger partial charge in [-0.25, -0.2) is 0 Å². The summed E-state index contributed by atoms with van der Waals surface area (Å²) >= 11 is 5.52. The second kappa shape index (κ2) is 8.41. The van der Waals surface area contributed by atoms with Gasteiger partial charge in [0.15, 0.2) is 5.11 Å². The van der Waals surface area contributed by atoms with E-state index in [1.54, 1.807) is 7.11 Å². The highest BCUT2D eigenvalue weighted by Crippen LogP contribution is 2.32. The van der Waals surface area contributed by atoms with Crippen molar-refractivity contribution in [1.82, 2.24) is 5.32 Å². The first-order valence-electron chi connectivity index (χ1n) is 9.06. The Balaban J connectivity index is 1.62. The lowest BCUT2D eigenvalue weighted by atomic mass is 9.87. The molecule has 4 nitrogen and oxygen atoms in total. The molecule has 0 saturated heterocycles. The first-order chi connectivity index (χ1) is 12.5. The fourth-order valence-corrected chi connectivity index (χ4v) is 3.54. The Kier molecular flexibility index (Phi) is 5.99. The molecule has 0 unspecified atom stereocenters. The fourth-order valence-electron chi connectivity index (χ4n) is 3.28. The average Bonchev–Trinajstić information content (AvgIpc) is 2.62. The molecule has 1 atom stereocenters. The van der Waals surface area contributed by atoms with Crippen LogP contribution >= 0.6 is 12.2 Å². The quantitative estimate of drug-likeness (QED) is 0.737. The zero-order valence-corrected chi connectivity index (χ0v) is 16.4. The van der Waals surface area contributed by atoms with Gasteiger partial charge < -0.3 is 20.1 Å². The Hall–Kier alpha value is -2.27. The fraction of sp³-hybridized carbons (Fsp3) is 0.381. The van der Waals surface area contributed by atoms with Crippen LogP contribution in [-0.4, -0.2) is 18.3 Å². The molecule has 0 spiro atoms. The van der Waals surface area contributed by atoms with Crippen LogP contribution in [0.15, 0.2) is 42.5 Å². The molecule has 0 radical (unpaired) electrons. The molecule has 1 aliphatic carbocycles. The molecular formula is C21H26N2O2S. The Morgan fingerprint density at radius 2 is 1.85 bits per heavy atom. The van der Waals surface area contributed by atoms with Crippen LogP contribution in [0.1, 0.15) is 43.9 Å². The minimum absolute atomic E-state index is 0.168. The molecule has 0 fully saturated rings. The van der Waals surface area contributed by atoms with Gasteiger partial charge in [-0.1, -0.05) is 6.07 Å². The number of ether oxygens (including phenoxy) is 2. The number of anilines is 1. The molecule has 0 saturated carbocycles. The molecule has 3 rings (SSSR count). The van der Waals surface area contributed by atoms with E-state index < -0.39 is 0 Å². The van der Waals surface area contributed by atoms with E-state index in [1.165, 1.54) is 11.1 Å². The summed E-state index contributed by atoms with van der Waals surface area (Å²) in [6, 6.07) is 14.4. The maximum atomic E-state index is 5.67. The number of rotatable bonds is 5. The van der Waals surface area contributed by atoms with Gasteiger partial charge in [0.25, 0.3) is 0 Å². The topological polar surface area (TPSA) is 42.5 Å². The second-order valence-electron chi connectivity index (χ2n) is 6.80. The normalized spacial score (nSPS) is 15.9. The number of hydrogen-bond acceptors (Lipinski definition) is 3. The van der Waals surface area contributed by atoms with Crippen molar-refractivity contribution in [2.75, 3.05) is 12.4 Å². The molecule has 26 heavy (non-hydrogen) atoms. The summed E-state index contributed by atoms with van der Waals surface area (Å²) in [5.41, 5.74) is 3.59. The first kappa shape index (κ1) is 18.5. The molecule has 1 aliphatic rings. The van der Waals surface area contributed by atoms with E-state index in [2.05, 4.69) is 22.8 Å². The third kappa shape index (κ3) is 4.67. The van der Waals surface area contributed by atoms with E-state index in [-0.39, 0.29) is 12.1 Å². The van der Waals surface area contributed by atoms with Crippen molar-refractivity contribution in [2.45, 2.75) is 45.3 Å². The third-order valence-corrected chi connectivity index (χ3v) is 4.67. The van der Waals surface area contributed by atoms with Gasteiger partial charge in [-0.05, 0) is 92.9 Å². The van der Waals surface area contributed by atoms with E-state index in [0.717, 1.165) is 36.4 Å². The molecule has 0 heterocycles. The van der Waals surface area contributed by atoms with Crippen molar-refractivity contribution in [3.05, 3.63) is 53.6 Å². The predicted octanol–water partition coefficient (Wildman–Crippen LogP) is 4.85. The largest absolute Gasteiger partial charge is 0.497 e. The van der Waals surface area contributed by atoms with Gasteiger partial charge in [0.2, 0.25) is 0 Å². The summed E-state index contributed by atoms with van der Waals surface area (Å²) in [4.78, 5) is 0. The standard InChI is InChI=1S/C21H26N2O2S/c1-14(2)25-17-9-7-16(8-10-17)22-21(26)23-20-6-4-5-15-13-18(24-3)11-12-19(15)20/h7-14,20H,4-6H2,1-3H3,(H2,22,23,26)/t20-/m0/s1. The zero-order chi connectivity index (χ0) is 18.5. The smallest absolute Gasteiger partial charge is 0.171 e. The van der Waals surface area contributed by atoms with Gasteiger partial charge in [-0.15, -0.1) is 0 Å². The van der Waals surface area contributed by atoms with Gasteiger partial charge in [0, 0.05) is 5.69 Å². The minimum atomic E-state index is 0.168. The maximum absolute atomic E-state index is 5.67. The highest BCUT2D eigenvalue weighted by molar-refractivity contribution is 7.80. The Labute approximate surface area is 160 Å². The summed E-state index contributed by atoms with van der Waals surface area (Å²) in [7, 11) is 1.71. The molecule has 138 valence electrons. The molecular weight excluding hydrogens is 344 g/mol. The van der Waals surface area contributed by atoms with E-state index in [9.17, 15) is 0 Å². The molecule has 5 heteroatoms. The van der Waals surface area contributed by atoms with Gasteiger partial charge in [-0.2, -0.15) is 0 Å². The van der Waals surface area contributed by atoms with Crippen LogP contribution in [-0.2, 0) is 6.42 Å². The lowest BCUT2D eigenvalue weighted by Crippen LogP contribution is -2.34. The number of fused-ring (bicyclic) bond motifs is 1. The molecule has 0 aromatic heterocycles. The first-order valence-corrected chi connectivity index (χ1v) is 9.47. The molecule has 0 bridgehead atoms. The molecule has 2 N–H and O–H groups in total. The Bertz CT molecular complexity index is 759. The summed E-state index contributed by atoms with van der Waals surface area (Å²) < 4.78 is 11.0. The minimum Gasteiger partial charge on any atom is -0.497 e. The highest BCUT2D eigenvalue weighted by atomic mass is 32.1. The van der Waals surface area contributed by atoms with E-state index in [0.29, 0.717) is 5.11 Å². The third-order valence-electron chi connectivity index (χ3n) is 4.45. The number of hydrogen-bond donors (Lipinski definition) is 2. The van der Waals surface area contributed by atoms with Crippen molar-refractivity contribution < 1.29 is 9.47 Å². The Morgan fingerprint density at radius 1 is 1.12 bits per heavy atom. The van der Waals surface area contributed by atoms with Crippen molar-refractivity contribution in [3.63, 3.8) is 0 Å². The van der Waals surface area contributed by atoms with Crippen LogP contribution in [0.3, 0.4) is 0 Å². The van der Waals surface area contributed by atoms with Crippen LogP contribution in [0.25, 0.3) is 0 Å². The molecule has 2 aromatic carbocycles. The highest BCUT2D eigenvalue weighted by Gasteiger charge is 2.21. The van der Waals surface area contributed by atoms with Gasteiger partial charge in [0.1, 0.15) is 11.5 Å². The average molecular weight is 371 g/mol.